The van der Waals surface area contributed by atoms with Crippen LogP contribution in [0.5, 0.6) is 5.75 Å². The van der Waals surface area contributed by atoms with Gasteiger partial charge in [0.1, 0.15) is 5.75 Å². The Kier molecular flexibility index (Phi) is 6.99. The van der Waals surface area contributed by atoms with Crippen LogP contribution in [0.1, 0.15) is 37.8 Å². The van der Waals surface area contributed by atoms with E-state index in [-0.39, 0.29) is 11.8 Å². The molecular formula is C22H28N2O3. The van der Waals surface area contributed by atoms with Gasteiger partial charge < -0.3 is 15.0 Å². The Morgan fingerprint density at radius 3 is 2.07 bits per heavy atom. The molecule has 0 heterocycles. The molecule has 2 aromatic carbocycles. The van der Waals surface area contributed by atoms with Crippen molar-refractivity contribution >= 4 is 17.5 Å². The molecule has 144 valence electrons. The predicted octanol–water partition coefficient (Wildman–Crippen LogP) is 3.85. The first-order valence-electron chi connectivity index (χ1n) is 9.13. The highest BCUT2D eigenvalue weighted by molar-refractivity contribution is 5.94. The van der Waals surface area contributed by atoms with Gasteiger partial charge in [0.05, 0.1) is 6.42 Å². The van der Waals surface area contributed by atoms with E-state index in [0.717, 1.165) is 5.56 Å². The summed E-state index contributed by atoms with van der Waals surface area (Å²) in [5.41, 5.74) is 2.81. The molecule has 2 amide bonds. The minimum atomic E-state index is -0.620. The highest BCUT2D eigenvalue weighted by Gasteiger charge is 2.15. The number of carbonyl (C=O) groups excluding carboxylic acids is 2. The minimum absolute atomic E-state index is 0.0392. The Labute approximate surface area is 161 Å². The zero-order chi connectivity index (χ0) is 20.0. The largest absolute Gasteiger partial charge is 0.481 e. The lowest BCUT2D eigenvalue weighted by Gasteiger charge is -2.16. The summed E-state index contributed by atoms with van der Waals surface area (Å²) in [6.07, 6.45) is -0.280. The summed E-state index contributed by atoms with van der Waals surface area (Å²) in [4.78, 5) is 25.6. The minimum Gasteiger partial charge on any atom is -0.481 e. The van der Waals surface area contributed by atoms with Gasteiger partial charge in [-0.25, -0.2) is 0 Å². The summed E-state index contributed by atoms with van der Waals surface area (Å²) in [5, 5.41) is 2.84. The van der Waals surface area contributed by atoms with Crippen LogP contribution in [0.3, 0.4) is 0 Å². The number of hydrogen-bond donors (Lipinski definition) is 1. The van der Waals surface area contributed by atoms with E-state index >= 15 is 0 Å². The van der Waals surface area contributed by atoms with Crippen LogP contribution in [-0.4, -0.2) is 36.9 Å². The van der Waals surface area contributed by atoms with Crippen LogP contribution < -0.4 is 10.1 Å². The number of rotatable bonds is 7. The van der Waals surface area contributed by atoms with E-state index in [1.807, 2.05) is 36.4 Å². The van der Waals surface area contributed by atoms with Gasteiger partial charge in [-0.3, -0.25) is 9.59 Å². The van der Waals surface area contributed by atoms with E-state index in [2.05, 4.69) is 19.2 Å². The zero-order valence-corrected chi connectivity index (χ0v) is 16.7. The molecule has 0 spiro atoms. The first-order chi connectivity index (χ1) is 12.8. The van der Waals surface area contributed by atoms with E-state index in [1.54, 1.807) is 38.1 Å². The van der Waals surface area contributed by atoms with Crippen molar-refractivity contribution in [2.45, 2.75) is 39.2 Å². The summed E-state index contributed by atoms with van der Waals surface area (Å²) in [6.45, 7) is 5.98. The van der Waals surface area contributed by atoms with Crippen molar-refractivity contribution in [1.82, 2.24) is 4.90 Å². The standard InChI is InChI=1S/C22H28N2O3/c1-15(2)18-8-12-20(13-9-18)27-16(3)22(26)23-19-10-6-17(7-11-19)14-21(25)24(4)5/h6-13,15-16H,14H2,1-5H3,(H,23,26). The number of benzene rings is 2. The Hall–Kier alpha value is -2.82. The Morgan fingerprint density at radius 2 is 1.56 bits per heavy atom. The third-order valence-electron chi connectivity index (χ3n) is 4.30. The SMILES string of the molecule is CC(Oc1ccc(C(C)C)cc1)C(=O)Nc1ccc(CC(=O)N(C)C)cc1. The molecule has 0 saturated heterocycles. The second kappa shape index (κ2) is 9.21. The molecule has 0 bridgehead atoms. The fourth-order valence-corrected chi connectivity index (χ4v) is 2.47. The molecule has 0 aliphatic rings. The monoisotopic (exact) mass is 368 g/mol. The molecule has 1 atom stereocenters. The van der Waals surface area contributed by atoms with Gasteiger partial charge in [0, 0.05) is 19.8 Å². The highest BCUT2D eigenvalue weighted by atomic mass is 16.5. The van der Waals surface area contributed by atoms with Gasteiger partial charge in [0.25, 0.3) is 5.91 Å². The molecule has 27 heavy (non-hydrogen) atoms. The molecular weight excluding hydrogens is 340 g/mol. The number of carbonyl (C=O) groups is 2. The van der Waals surface area contributed by atoms with Crippen LogP contribution in [0.25, 0.3) is 0 Å². The van der Waals surface area contributed by atoms with Gasteiger partial charge in [0.2, 0.25) is 5.91 Å². The van der Waals surface area contributed by atoms with E-state index in [0.29, 0.717) is 23.8 Å². The smallest absolute Gasteiger partial charge is 0.265 e. The summed E-state index contributed by atoms with van der Waals surface area (Å²) in [6, 6.07) is 15.1. The predicted molar refractivity (Wildman–Crippen MR) is 108 cm³/mol. The van der Waals surface area contributed by atoms with Crippen molar-refractivity contribution in [3.63, 3.8) is 0 Å². The maximum absolute atomic E-state index is 12.3. The number of ether oxygens (including phenoxy) is 1. The van der Waals surface area contributed by atoms with Crippen molar-refractivity contribution in [1.29, 1.82) is 0 Å². The Morgan fingerprint density at radius 1 is 0.963 bits per heavy atom. The van der Waals surface area contributed by atoms with Crippen molar-refractivity contribution in [2.24, 2.45) is 0 Å². The summed E-state index contributed by atoms with van der Waals surface area (Å²) in [5.74, 6) is 0.938. The molecule has 0 aromatic heterocycles. The van der Waals surface area contributed by atoms with E-state index < -0.39 is 6.10 Å². The van der Waals surface area contributed by atoms with Crippen molar-refractivity contribution in [3.8, 4) is 5.75 Å². The second-order valence-electron chi connectivity index (χ2n) is 7.13. The lowest BCUT2D eigenvalue weighted by atomic mass is 10.0. The van der Waals surface area contributed by atoms with E-state index in [4.69, 9.17) is 4.74 Å². The molecule has 5 nitrogen and oxygen atoms in total. The number of hydrogen-bond acceptors (Lipinski definition) is 3. The number of nitrogens with one attached hydrogen (secondary N) is 1. The topological polar surface area (TPSA) is 58.6 Å². The van der Waals surface area contributed by atoms with Crippen LogP contribution in [0.2, 0.25) is 0 Å². The molecule has 0 saturated carbocycles. The van der Waals surface area contributed by atoms with Gasteiger partial charge >= 0.3 is 0 Å². The molecule has 0 aliphatic heterocycles. The van der Waals surface area contributed by atoms with Crippen LogP contribution in [0.15, 0.2) is 48.5 Å². The highest BCUT2D eigenvalue weighted by Crippen LogP contribution is 2.20. The molecule has 1 N–H and O–H groups in total. The van der Waals surface area contributed by atoms with Gasteiger partial charge in [-0.1, -0.05) is 38.1 Å². The van der Waals surface area contributed by atoms with Crippen LogP contribution in [0.4, 0.5) is 5.69 Å². The summed E-state index contributed by atoms with van der Waals surface area (Å²) < 4.78 is 5.72. The fraction of sp³-hybridized carbons (Fsp3) is 0.364. The van der Waals surface area contributed by atoms with Gasteiger partial charge in [-0.05, 0) is 48.2 Å². The van der Waals surface area contributed by atoms with Crippen LogP contribution in [-0.2, 0) is 16.0 Å². The molecule has 1 unspecified atom stereocenters. The van der Waals surface area contributed by atoms with E-state index in [9.17, 15) is 9.59 Å². The van der Waals surface area contributed by atoms with Crippen LogP contribution in [0, 0.1) is 0 Å². The molecule has 2 rings (SSSR count). The van der Waals surface area contributed by atoms with Crippen LogP contribution >= 0.6 is 0 Å². The zero-order valence-electron chi connectivity index (χ0n) is 16.7. The summed E-state index contributed by atoms with van der Waals surface area (Å²) in [7, 11) is 3.46. The fourth-order valence-electron chi connectivity index (χ4n) is 2.47. The van der Waals surface area contributed by atoms with Crippen molar-refractivity contribution < 1.29 is 14.3 Å². The maximum Gasteiger partial charge on any atom is 0.265 e. The van der Waals surface area contributed by atoms with E-state index in [1.165, 1.54) is 5.56 Å². The molecule has 0 aliphatic carbocycles. The van der Waals surface area contributed by atoms with Gasteiger partial charge in [-0.15, -0.1) is 0 Å². The lowest BCUT2D eigenvalue weighted by molar-refractivity contribution is -0.128. The van der Waals surface area contributed by atoms with Crippen molar-refractivity contribution in [2.75, 3.05) is 19.4 Å². The Balaban J connectivity index is 1.90. The first kappa shape index (κ1) is 20.5. The quantitative estimate of drug-likeness (QED) is 0.808. The van der Waals surface area contributed by atoms with Gasteiger partial charge in [0.15, 0.2) is 6.10 Å². The lowest BCUT2D eigenvalue weighted by Crippen LogP contribution is -2.30. The maximum atomic E-state index is 12.3. The molecule has 2 aromatic rings. The van der Waals surface area contributed by atoms with Crippen molar-refractivity contribution in [3.05, 3.63) is 59.7 Å². The Bertz CT molecular complexity index is 765. The third kappa shape index (κ3) is 6.13. The number of likely N-dealkylation sites (N-methyl/N-ethyl adjacent to an activating group) is 1. The average molecular weight is 368 g/mol. The normalized spacial score (nSPS) is 11.8. The summed E-state index contributed by atoms with van der Waals surface area (Å²) >= 11 is 0. The first-order valence-corrected chi connectivity index (χ1v) is 9.13. The van der Waals surface area contributed by atoms with Gasteiger partial charge in [-0.2, -0.15) is 0 Å². The second-order valence-corrected chi connectivity index (χ2v) is 7.13. The molecule has 0 fully saturated rings. The number of anilines is 1. The molecule has 0 radical (unpaired) electrons. The molecule has 5 heteroatoms. The number of nitrogens with zero attached hydrogens (tertiary/aromatic N) is 1. The number of amides is 2. The third-order valence-corrected chi connectivity index (χ3v) is 4.30. The average Bonchev–Trinajstić information content (AvgIpc) is 2.63.